The van der Waals surface area contributed by atoms with Gasteiger partial charge >= 0.3 is 0 Å². The quantitative estimate of drug-likeness (QED) is 0.195. The molecule has 6 rings (SSSR count). The molecule has 0 radical (unpaired) electrons. The minimum atomic E-state index is -0.437. The monoisotopic (exact) mass is 544 g/mol. The predicted octanol–water partition coefficient (Wildman–Crippen LogP) is 7.10. The number of amides is 3. The van der Waals surface area contributed by atoms with Gasteiger partial charge in [0.25, 0.3) is 17.7 Å². The van der Waals surface area contributed by atoms with Crippen molar-refractivity contribution in [2.45, 2.75) is 6.42 Å². The van der Waals surface area contributed by atoms with E-state index >= 15 is 0 Å². The Hall–Kier alpha value is -5.30. The number of benzene rings is 5. The van der Waals surface area contributed by atoms with Crippen LogP contribution in [0.5, 0.6) is 11.5 Å². The zero-order valence-electron chi connectivity index (χ0n) is 22.0. The highest BCUT2D eigenvalue weighted by atomic mass is 19.1. The summed E-state index contributed by atoms with van der Waals surface area (Å²) in [7, 11) is 0. The summed E-state index contributed by atoms with van der Waals surface area (Å²) in [6, 6.07) is 32.6. The Balaban J connectivity index is 1.22. The number of rotatable bonds is 8. The molecule has 41 heavy (non-hydrogen) atoms. The minimum absolute atomic E-state index is 0.130. The average molecular weight is 545 g/mol. The van der Waals surface area contributed by atoms with Crippen molar-refractivity contribution in [2.24, 2.45) is 0 Å². The molecule has 0 saturated carbocycles. The molecule has 3 amide bonds. The Morgan fingerprint density at radius 3 is 1.95 bits per heavy atom. The van der Waals surface area contributed by atoms with Crippen LogP contribution in [0.3, 0.4) is 0 Å². The highest BCUT2D eigenvalue weighted by Crippen LogP contribution is 2.30. The molecule has 1 aliphatic rings. The number of para-hydroxylation sites is 1. The second-order valence-corrected chi connectivity index (χ2v) is 9.70. The second-order valence-electron chi connectivity index (χ2n) is 9.70. The van der Waals surface area contributed by atoms with Gasteiger partial charge in [0.15, 0.2) is 0 Å². The maximum atomic E-state index is 13.6. The first kappa shape index (κ1) is 26.0. The zero-order valence-corrected chi connectivity index (χ0v) is 22.0. The Labute approximate surface area is 236 Å². The van der Waals surface area contributed by atoms with E-state index in [0.717, 1.165) is 5.39 Å². The van der Waals surface area contributed by atoms with E-state index in [9.17, 15) is 18.8 Å². The molecule has 0 atom stereocenters. The van der Waals surface area contributed by atoms with Gasteiger partial charge in [-0.25, -0.2) is 4.39 Å². The van der Waals surface area contributed by atoms with Crippen molar-refractivity contribution in [3.63, 3.8) is 0 Å². The number of imide groups is 1. The Morgan fingerprint density at radius 2 is 1.32 bits per heavy atom. The van der Waals surface area contributed by atoms with Gasteiger partial charge in [0.2, 0.25) is 0 Å². The van der Waals surface area contributed by atoms with Gasteiger partial charge in [0, 0.05) is 40.9 Å². The molecular formula is C34H25FN2O4. The summed E-state index contributed by atoms with van der Waals surface area (Å²) < 4.78 is 19.4. The number of carbonyl (C=O) groups is 3. The lowest BCUT2D eigenvalue weighted by Crippen LogP contribution is -2.42. The van der Waals surface area contributed by atoms with Crippen molar-refractivity contribution in [1.82, 2.24) is 4.90 Å². The first-order chi connectivity index (χ1) is 20.0. The molecule has 0 fully saturated rings. The molecule has 0 aliphatic carbocycles. The van der Waals surface area contributed by atoms with Crippen LogP contribution >= 0.6 is 0 Å². The van der Waals surface area contributed by atoms with Crippen molar-refractivity contribution in [3.05, 3.63) is 138 Å². The molecule has 0 unspecified atom stereocenters. The number of ether oxygens (including phenoxy) is 1. The van der Waals surface area contributed by atoms with Gasteiger partial charge < -0.3 is 9.64 Å². The molecule has 7 heteroatoms. The van der Waals surface area contributed by atoms with E-state index < -0.39 is 5.82 Å². The molecule has 202 valence electrons. The smallest absolute Gasteiger partial charge is 0.261 e. The normalized spacial score (nSPS) is 12.5. The molecule has 0 spiro atoms. The fourth-order valence-corrected chi connectivity index (χ4v) is 5.09. The fourth-order valence-electron chi connectivity index (χ4n) is 5.09. The van der Waals surface area contributed by atoms with Crippen LogP contribution < -0.4 is 9.64 Å². The van der Waals surface area contributed by atoms with E-state index in [4.69, 9.17) is 4.74 Å². The number of nitrogens with zero attached hydrogens (tertiary/aromatic N) is 2. The third-order valence-electron chi connectivity index (χ3n) is 7.08. The number of hydrogen-bond acceptors (Lipinski definition) is 4. The number of carbonyl (C=O) groups excluding carboxylic acids is 3. The van der Waals surface area contributed by atoms with Gasteiger partial charge in [0.1, 0.15) is 17.3 Å². The molecular weight excluding hydrogens is 519 g/mol. The van der Waals surface area contributed by atoms with Crippen LogP contribution in [0.25, 0.3) is 10.8 Å². The van der Waals surface area contributed by atoms with E-state index in [1.165, 1.54) is 29.2 Å². The number of anilines is 1. The van der Waals surface area contributed by atoms with Crippen LogP contribution in [0.4, 0.5) is 10.1 Å². The van der Waals surface area contributed by atoms with Gasteiger partial charge in [-0.3, -0.25) is 19.3 Å². The zero-order chi connectivity index (χ0) is 28.3. The highest BCUT2D eigenvalue weighted by molar-refractivity contribution is 6.25. The summed E-state index contributed by atoms with van der Waals surface area (Å²) in [5, 5.41) is 1.52. The van der Waals surface area contributed by atoms with Gasteiger partial charge in [-0.05, 0) is 84.6 Å². The van der Waals surface area contributed by atoms with E-state index in [2.05, 4.69) is 0 Å². The first-order valence-corrected chi connectivity index (χ1v) is 13.3. The summed E-state index contributed by atoms with van der Waals surface area (Å²) in [6.45, 7) is 0.350. The molecule has 5 aromatic carbocycles. The minimum Gasteiger partial charge on any atom is -0.457 e. The van der Waals surface area contributed by atoms with Crippen molar-refractivity contribution in [3.8, 4) is 11.5 Å². The van der Waals surface area contributed by atoms with E-state index in [1.807, 2.05) is 54.6 Å². The summed E-state index contributed by atoms with van der Waals surface area (Å²) >= 11 is 0. The molecule has 5 aromatic rings. The van der Waals surface area contributed by atoms with Gasteiger partial charge in [-0.1, -0.05) is 42.5 Å². The van der Waals surface area contributed by atoms with Crippen LogP contribution in [-0.4, -0.2) is 35.7 Å². The summed E-state index contributed by atoms with van der Waals surface area (Å²) in [4.78, 5) is 43.0. The van der Waals surface area contributed by atoms with Crippen molar-refractivity contribution < 1.29 is 23.5 Å². The lowest BCUT2D eigenvalue weighted by Gasteiger charge is -2.29. The summed E-state index contributed by atoms with van der Waals surface area (Å²) in [6.07, 6.45) is 0.338. The van der Waals surface area contributed by atoms with Crippen LogP contribution in [0.15, 0.2) is 115 Å². The van der Waals surface area contributed by atoms with E-state index in [-0.39, 0.29) is 30.8 Å². The topological polar surface area (TPSA) is 66.9 Å². The van der Waals surface area contributed by atoms with Gasteiger partial charge in [-0.15, -0.1) is 0 Å². The lowest BCUT2D eigenvalue weighted by atomic mass is 9.94. The maximum absolute atomic E-state index is 13.6. The second kappa shape index (κ2) is 11.1. The van der Waals surface area contributed by atoms with Crippen molar-refractivity contribution in [1.29, 1.82) is 0 Å². The molecule has 1 aliphatic heterocycles. The molecule has 1 heterocycles. The molecule has 0 aromatic heterocycles. The Kier molecular flexibility index (Phi) is 7.00. The van der Waals surface area contributed by atoms with Gasteiger partial charge in [0.05, 0.1) is 0 Å². The van der Waals surface area contributed by atoms with Gasteiger partial charge in [-0.2, -0.15) is 0 Å². The van der Waals surface area contributed by atoms with E-state index in [1.54, 1.807) is 41.3 Å². The predicted molar refractivity (Wildman–Crippen MR) is 155 cm³/mol. The third kappa shape index (κ3) is 5.17. The fraction of sp³-hybridized carbons (Fsp3) is 0.0882. The first-order valence-electron chi connectivity index (χ1n) is 13.3. The number of halogens is 1. The van der Waals surface area contributed by atoms with E-state index in [0.29, 0.717) is 45.7 Å². The molecule has 0 N–H and O–H groups in total. The maximum Gasteiger partial charge on any atom is 0.261 e. The van der Waals surface area contributed by atoms with Crippen LogP contribution in [0, 0.1) is 5.82 Å². The molecule has 0 bridgehead atoms. The van der Waals surface area contributed by atoms with Crippen LogP contribution in [0.2, 0.25) is 0 Å². The Morgan fingerprint density at radius 1 is 0.707 bits per heavy atom. The highest BCUT2D eigenvalue weighted by Gasteiger charge is 2.32. The van der Waals surface area contributed by atoms with Crippen molar-refractivity contribution >= 4 is 34.2 Å². The summed E-state index contributed by atoms with van der Waals surface area (Å²) in [5.74, 6) is -0.170. The van der Waals surface area contributed by atoms with Crippen LogP contribution in [-0.2, 0) is 0 Å². The van der Waals surface area contributed by atoms with Crippen molar-refractivity contribution in [2.75, 3.05) is 18.0 Å². The summed E-state index contributed by atoms with van der Waals surface area (Å²) in [5.41, 5.74) is 1.91. The lowest BCUT2D eigenvalue weighted by molar-refractivity contribution is 0.0610. The Bertz CT molecular complexity index is 1700. The van der Waals surface area contributed by atoms with Crippen LogP contribution in [0.1, 0.15) is 37.5 Å². The molecule has 6 nitrogen and oxygen atoms in total. The average Bonchev–Trinajstić information content (AvgIpc) is 3.00. The molecule has 0 saturated heterocycles. The third-order valence-corrected chi connectivity index (χ3v) is 7.08. The standard InChI is InChI=1S/C34H25FN2O4/c35-25-15-13-24(14-16-25)32(38)36(26-17-19-28(20-18-26)41-27-9-2-1-3-10-27)21-6-22-37-33(39)29-11-4-7-23-8-5-12-30(31(23)29)34(37)40/h1-5,7-20H,6,21-22H2. The SMILES string of the molecule is O=C1c2cccc3cccc(c23)C(=O)N1CCCN(C(=O)c1ccc(F)cc1)c1ccc(Oc2ccccc2)cc1. The largest absolute Gasteiger partial charge is 0.457 e. The number of hydrogen-bond donors (Lipinski definition) is 0.